The van der Waals surface area contributed by atoms with Crippen LogP contribution in [0.25, 0.3) is 0 Å². The fraction of sp³-hybridized carbons (Fsp3) is 0.857. The van der Waals surface area contributed by atoms with Crippen molar-refractivity contribution in [3.05, 3.63) is 0 Å². The van der Waals surface area contributed by atoms with Crippen molar-refractivity contribution in [2.45, 2.75) is 25.9 Å². The van der Waals surface area contributed by atoms with Crippen molar-refractivity contribution in [2.24, 2.45) is 0 Å². The molecule has 0 radical (unpaired) electrons. The Balaban J connectivity index is 3.63. The van der Waals surface area contributed by atoms with E-state index in [9.17, 15) is 4.79 Å². The molecular weight excluding hydrogens is 148 g/mol. The van der Waals surface area contributed by atoms with E-state index in [1.165, 1.54) is 0 Å². The molecule has 4 heteroatoms. The molecule has 0 saturated carbocycles. The standard InChI is InChI=1S/C7H14O4/c1-7(2,3-4-8)11-5-6(9)10/h8H,3-5H2,1-2H3,(H,9,10). The molecule has 0 unspecified atom stereocenters. The normalized spacial score (nSPS) is 11.5. The number of aliphatic carboxylic acids is 1. The Bertz CT molecular complexity index is 130. The molecule has 0 rings (SSSR count). The molecule has 0 bridgehead atoms. The monoisotopic (exact) mass is 162 g/mol. The maximum atomic E-state index is 10.1. The van der Waals surface area contributed by atoms with Gasteiger partial charge in [0.25, 0.3) is 0 Å². The minimum Gasteiger partial charge on any atom is -0.480 e. The van der Waals surface area contributed by atoms with Gasteiger partial charge in [0.15, 0.2) is 0 Å². The van der Waals surface area contributed by atoms with Gasteiger partial charge < -0.3 is 14.9 Å². The summed E-state index contributed by atoms with van der Waals surface area (Å²) in [6, 6.07) is 0. The Kier molecular flexibility index (Phi) is 4.07. The van der Waals surface area contributed by atoms with E-state index in [-0.39, 0.29) is 13.2 Å². The lowest BCUT2D eigenvalue weighted by Gasteiger charge is -2.22. The average Bonchev–Trinajstić information content (AvgIpc) is 1.84. The molecule has 0 aliphatic rings. The molecule has 0 aliphatic heterocycles. The highest BCUT2D eigenvalue weighted by molar-refractivity contribution is 5.68. The molecule has 0 aromatic heterocycles. The Labute approximate surface area is 65.8 Å². The lowest BCUT2D eigenvalue weighted by molar-refractivity contribution is -0.148. The third-order valence-corrected chi connectivity index (χ3v) is 1.30. The molecule has 0 aliphatic carbocycles. The van der Waals surface area contributed by atoms with Crippen LogP contribution in [0.5, 0.6) is 0 Å². The van der Waals surface area contributed by atoms with Gasteiger partial charge in [-0.3, -0.25) is 0 Å². The smallest absolute Gasteiger partial charge is 0.329 e. The van der Waals surface area contributed by atoms with Crippen LogP contribution in [-0.4, -0.2) is 35.0 Å². The molecule has 0 fully saturated rings. The van der Waals surface area contributed by atoms with Gasteiger partial charge in [-0.25, -0.2) is 4.79 Å². The van der Waals surface area contributed by atoms with Crippen LogP contribution in [0.2, 0.25) is 0 Å². The predicted molar refractivity (Wildman–Crippen MR) is 39.4 cm³/mol. The summed E-state index contributed by atoms with van der Waals surface area (Å²) in [6.45, 7) is 3.18. The molecule has 0 amide bonds. The average molecular weight is 162 g/mol. The molecule has 66 valence electrons. The lowest BCUT2D eigenvalue weighted by Crippen LogP contribution is -2.28. The van der Waals surface area contributed by atoms with E-state index in [1.54, 1.807) is 13.8 Å². The van der Waals surface area contributed by atoms with Crippen LogP contribution in [0, 0.1) is 0 Å². The number of aliphatic hydroxyl groups excluding tert-OH is 1. The second-order valence-electron chi connectivity index (χ2n) is 2.92. The van der Waals surface area contributed by atoms with E-state index in [0.29, 0.717) is 6.42 Å². The van der Waals surface area contributed by atoms with Gasteiger partial charge in [-0.05, 0) is 20.3 Å². The SMILES string of the molecule is CC(C)(CCO)OCC(=O)O. The van der Waals surface area contributed by atoms with Gasteiger partial charge in [0.05, 0.1) is 5.60 Å². The summed E-state index contributed by atoms with van der Waals surface area (Å²) < 4.78 is 4.97. The van der Waals surface area contributed by atoms with Crippen molar-refractivity contribution in [2.75, 3.05) is 13.2 Å². The summed E-state index contributed by atoms with van der Waals surface area (Å²) in [5.41, 5.74) is -0.548. The molecule has 2 N–H and O–H groups in total. The highest BCUT2D eigenvalue weighted by Crippen LogP contribution is 2.12. The highest BCUT2D eigenvalue weighted by Gasteiger charge is 2.18. The zero-order valence-corrected chi connectivity index (χ0v) is 6.83. The second kappa shape index (κ2) is 4.31. The Morgan fingerprint density at radius 3 is 2.45 bits per heavy atom. The van der Waals surface area contributed by atoms with Crippen LogP contribution in [0.15, 0.2) is 0 Å². The fourth-order valence-electron chi connectivity index (χ4n) is 0.599. The molecular formula is C7H14O4. The first-order valence-electron chi connectivity index (χ1n) is 3.44. The van der Waals surface area contributed by atoms with Gasteiger partial charge in [-0.2, -0.15) is 0 Å². The third kappa shape index (κ3) is 5.82. The lowest BCUT2D eigenvalue weighted by atomic mass is 10.1. The fourth-order valence-corrected chi connectivity index (χ4v) is 0.599. The quantitative estimate of drug-likeness (QED) is 0.608. The largest absolute Gasteiger partial charge is 0.480 e. The zero-order valence-electron chi connectivity index (χ0n) is 6.83. The van der Waals surface area contributed by atoms with Gasteiger partial charge >= 0.3 is 5.97 Å². The van der Waals surface area contributed by atoms with E-state index in [1.807, 2.05) is 0 Å². The summed E-state index contributed by atoms with van der Waals surface area (Å²) in [5.74, 6) is -0.990. The number of hydrogen-bond acceptors (Lipinski definition) is 3. The molecule has 0 heterocycles. The molecule has 4 nitrogen and oxygen atoms in total. The van der Waals surface area contributed by atoms with Gasteiger partial charge in [-0.15, -0.1) is 0 Å². The van der Waals surface area contributed by atoms with E-state index < -0.39 is 11.6 Å². The number of carboxylic acid groups (broad SMARTS) is 1. The van der Waals surface area contributed by atoms with Crippen molar-refractivity contribution in [3.63, 3.8) is 0 Å². The van der Waals surface area contributed by atoms with Gasteiger partial charge in [0.2, 0.25) is 0 Å². The highest BCUT2D eigenvalue weighted by atomic mass is 16.5. The third-order valence-electron chi connectivity index (χ3n) is 1.30. The van der Waals surface area contributed by atoms with Crippen molar-refractivity contribution < 1.29 is 19.7 Å². The van der Waals surface area contributed by atoms with E-state index in [2.05, 4.69) is 0 Å². The topological polar surface area (TPSA) is 66.8 Å². The van der Waals surface area contributed by atoms with E-state index in [4.69, 9.17) is 14.9 Å². The van der Waals surface area contributed by atoms with Crippen molar-refractivity contribution in [1.82, 2.24) is 0 Å². The number of rotatable bonds is 5. The van der Waals surface area contributed by atoms with Gasteiger partial charge in [0, 0.05) is 6.61 Å². The number of aliphatic hydroxyl groups is 1. The Morgan fingerprint density at radius 1 is 1.55 bits per heavy atom. The number of hydrogen-bond donors (Lipinski definition) is 2. The summed E-state index contributed by atoms with van der Waals surface area (Å²) in [7, 11) is 0. The van der Waals surface area contributed by atoms with Crippen LogP contribution < -0.4 is 0 Å². The minimum absolute atomic E-state index is 0.00657. The molecule has 0 aromatic carbocycles. The number of carbonyl (C=O) groups is 1. The first-order chi connectivity index (χ1) is 4.98. The van der Waals surface area contributed by atoms with Crippen molar-refractivity contribution in [3.8, 4) is 0 Å². The van der Waals surface area contributed by atoms with E-state index >= 15 is 0 Å². The molecule has 0 saturated heterocycles. The predicted octanol–water partition coefficient (Wildman–Crippen LogP) is 0.249. The minimum atomic E-state index is -0.990. The Hall–Kier alpha value is -0.610. The maximum absolute atomic E-state index is 10.1. The second-order valence-corrected chi connectivity index (χ2v) is 2.92. The summed E-state index contributed by atoms with van der Waals surface area (Å²) >= 11 is 0. The Morgan fingerprint density at radius 2 is 2.09 bits per heavy atom. The van der Waals surface area contributed by atoms with Crippen LogP contribution in [0.3, 0.4) is 0 Å². The number of ether oxygens (including phenoxy) is 1. The van der Waals surface area contributed by atoms with Crippen molar-refractivity contribution >= 4 is 5.97 Å². The zero-order chi connectivity index (χ0) is 8.91. The molecule has 0 spiro atoms. The van der Waals surface area contributed by atoms with Crippen LogP contribution in [-0.2, 0) is 9.53 Å². The first-order valence-corrected chi connectivity index (χ1v) is 3.44. The summed E-state index contributed by atoms with van der Waals surface area (Å²) in [6.07, 6.45) is 0.445. The maximum Gasteiger partial charge on any atom is 0.329 e. The summed E-state index contributed by atoms with van der Waals surface area (Å²) in [4.78, 5) is 10.1. The first kappa shape index (κ1) is 10.4. The van der Waals surface area contributed by atoms with Crippen molar-refractivity contribution in [1.29, 1.82) is 0 Å². The molecule has 11 heavy (non-hydrogen) atoms. The van der Waals surface area contributed by atoms with Gasteiger partial charge in [0.1, 0.15) is 6.61 Å². The van der Waals surface area contributed by atoms with Crippen LogP contribution >= 0.6 is 0 Å². The van der Waals surface area contributed by atoms with Crippen LogP contribution in [0.1, 0.15) is 20.3 Å². The number of carboxylic acids is 1. The molecule has 0 atom stereocenters. The molecule has 0 aromatic rings. The summed E-state index contributed by atoms with van der Waals surface area (Å²) in [5, 5.41) is 16.8. The van der Waals surface area contributed by atoms with E-state index in [0.717, 1.165) is 0 Å². The van der Waals surface area contributed by atoms with Gasteiger partial charge in [-0.1, -0.05) is 0 Å². The van der Waals surface area contributed by atoms with Crippen LogP contribution in [0.4, 0.5) is 0 Å².